The minimum absolute atomic E-state index is 0.162. The maximum atomic E-state index is 11.6. The van der Waals surface area contributed by atoms with E-state index < -0.39 is 0 Å². The zero-order chi connectivity index (χ0) is 11.3. The molecule has 0 saturated carbocycles. The van der Waals surface area contributed by atoms with Crippen molar-refractivity contribution in [1.29, 1.82) is 0 Å². The van der Waals surface area contributed by atoms with Crippen molar-refractivity contribution < 1.29 is 4.79 Å². The quantitative estimate of drug-likeness (QED) is 0.691. The van der Waals surface area contributed by atoms with Crippen molar-refractivity contribution in [1.82, 2.24) is 4.98 Å². The van der Waals surface area contributed by atoms with Gasteiger partial charge in [-0.05, 0) is 36.5 Å². The standard InChI is InChI=1S/C13H19NO/c1-4-7-13(15)12-8-10(5-2)11(6-3)9-14-12/h8-9H,4-7H2,1-3H3. The van der Waals surface area contributed by atoms with Gasteiger partial charge in [-0.2, -0.15) is 0 Å². The number of aromatic nitrogens is 1. The smallest absolute Gasteiger partial charge is 0.181 e. The highest BCUT2D eigenvalue weighted by Gasteiger charge is 2.08. The van der Waals surface area contributed by atoms with E-state index in [1.54, 1.807) is 0 Å². The molecule has 0 fully saturated rings. The summed E-state index contributed by atoms with van der Waals surface area (Å²) in [6.07, 6.45) is 5.29. The van der Waals surface area contributed by atoms with E-state index in [0.717, 1.165) is 19.3 Å². The Labute approximate surface area is 91.7 Å². The normalized spacial score (nSPS) is 10.3. The van der Waals surface area contributed by atoms with E-state index in [4.69, 9.17) is 0 Å². The molecular weight excluding hydrogens is 186 g/mol. The molecule has 15 heavy (non-hydrogen) atoms. The summed E-state index contributed by atoms with van der Waals surface area (Å²) in [5.74, 6) is 0.162. The molecule has 0 aliphatic carbocycles. The lowest BCUT2D eigenvalue weighted by Crippen LogP contribution is -2.04. The van der Waals surface area contributed by atoms with E-state index in [1.807, 2.05) is 19.2 Å². The Morgan fingerprint density at radius 1 is 1.20 bits per heavy atom. The molecule has 2 nitrogen and oxygen atoms in total. The molecule has 0 radical (unpaired) electrons. The first-order valence-electron chi connectivity index (χ1n) is 5.73. The summed E-state index contributed by atoms with van der Waals surface area (Å²) in [4.78, 5) is 15.9. The van der Waals surface area contributed by atoms with Gasteiger partial charge in [0.05, 0.1) is 0 Å². The number of pyridine rings is 1. The predicted octanol–water partition coefficient (Wildman–Crippen LogP) is 3.19. The van der Waals surface area contributed by atoms with Crippen molar-refractivity contribution in [3.8, 4) is 0 Å². The topological polar surface area (TPSA) is 30.0 Å². The fraction of sp³-hybridized carbons (Fsp3) is 0.538. The summed E-state index contributed by atoms with van der Waals surface area (Å²) in [6, 6.07) is 1.96. The zero-order valence-corrected chi connectivity index (χ0v) is 9.84. The SMILES string of the molecule is CCCC(=O)c1cc(CC)c(CC)cn1. The van der Waals surface area contributed by atoms with Gasteiger partial charge in [0, 0.05) is 12.6 Å². The third-order valence-corrected chi connectivity index (χ3v) is 2.61. The summed E-state index contributed by atoms with van der Waals surface area (Å²) < 4.78 is 0. The molecule has 0 bridgehead atoms. The molecule has 0 unspecified atom stereocenters. The molecule has 0 saturated heterocycles. The molecular formula is C13H19NO. The van der Waals surface area contributed by atoms with Gasteiger partial charge in [0.1, 0.15) is 5.69 Å². The molecule has 0 aliphatic heterocycles. The minimum atomic E-state index is 0.162. The second-order valence-electron chi connectivity index (χ2n) is 3.72. The predicted molar refractivity (Wildman–Crippen MR) is 62.2 cm³/mol. The maximum Gasteiger partial charge on any atom is 0.181 e. The van der Waals surface area contributed by atoms with Crippen LogP contribution in [-0.4, -0.2) is 10.8 Å². The number of nitrogens with zero attached hydrogens (tertiary/aromatic N) is 1. The van der Waals surface area contributed by atoms with Gasteiger partial charge in [-0.1, -0.05) is 20.8 Å². The molecule has 82 valence electrons. The first-order chi connectivity index (χ1) is 7.22. The number of carbonyl (C=O) groups excluding carboxylic acids is 1. The Hall–Kier alpha value is -1.18. The van der Waals surface area contributed by atoms with Gasteiger partial charge >= 0.3 is 0 Å². The summed E-state index contributed by atoms with van der Waals surface area (Å²) in [5, 5.41) is 0. The number of hydrogen-bond donors (Lipinski definition) is 0. The van der Waals surface area contributed by atoms with Crippen molar-refractivity contribution in [2.24, 2.45) is 0 Å². The van der Waals surface area contributed by atoms with E-state index in [2.05, 4.69) is 18.8 Å². The van der Waals surface area contributed by atoms with Crippen LogP contribution in [-0.2, 0) is 12.8 Å². The highest BCUT2D eigenvalue weighted by atomic mass is 16.1. The Morgan fingerprint density at radius 2 is 1.87 bits per heavy atom. The average Bonchev–Trinajstić information content (AvgIpc) is 2.28. The lowest BCUT2D eigenvalue weighted by atomic mass is 10.0. The number of rotatable bonds is 5. The van der Waals surface area contributed by atoms with Crippen molar-refractivity contribution in [2.75, 3.05) is 0 Å². The first-order valence-corrected chi connectivity index (χ1v) is 5.73. The molecule has 0 amide bonds. The number of ketones is 1. The van der Waals surface area contributed by atoms with E-state index in [0.29, 0.717) is 12.1 Å². The van der Waals surface area contributed by atoms with Crippen molar-refractivity contribution in [3.63, 3.8) is 0 Å². The Bertz CT molecular complexity index is 344. The summed E-state index contributed by atoms with van der Waals surface area (Å²) >= 11 is 0. The summed E-state index contributed by atoms with van der Waals surface area (Å²) in [7, 11) is 0. The van der Waals surface area contributed by atoms with Crippen molar-refractivity contribution >= 4 is 5.78 Å². The van der Waals surface area contributed by atoms with Crippen LogP contribution in [0.3, 0.4) is 0 Å². The number of carbonyl (C=O) groups is 1. The second-order valence-corrected chi connectivity index (χ2v) is 3.72. The summed E-state index contributed by atoms with van der Waals surface area (Å²) in [6.45, 7) is 6.24. The molecule has 1 aromatic heterocycles. The first kappa shape index (κ1) is 11.9. The lowest BCUT2D eigenvalue weighted by molar-refractivity contribution is 0.0977. The Balaban J connectivity index is 2.97. The molecule has 1 heterocycles. The van der Waals surface area contributed by atoms with E-state index in [9.17, 15) is 4.79 Å². The average molecular weight is 205 g/mol. The van der Waals surface area contributed by atoms with Crippen LogP contribution in [0.4, 0.5) is 0 Å². The fourth-order valence-corrected chi connectivity index (χ4v) is 1.68. The van der Waals surface area contributed by atoms with Crippen LogP contribution >= 0.6 is 0 Å². The molecule has 0 aliphatic rings. The van der Waals surface area contributed by atoms with Crippen LogP contribution in [0.5, 0.6) is 0 Å². The van der Waals surface area contributed by atoms with Gasteiger partial charge in [0.25, 0.3) is 0 Å². The summed E-state index contributed by atoms with van der Waals surface area (Å²) in [5.41, 5.74) is 3.14. The zero-order valence-electron chi connectivity index (χ0n) is 9.84. The maximum absolute atomic E-state index is 11.6. The van der Waals surface area contributed by atoms with Crippen LogP contribution in [0.1, 0.15) is 55.2 Å². The van der Waals surface area contributed by atoms with Crippen LogP contribution in [0.2, 0.25) is 0 Å². The lowest BCUT2D eigenvalue weighted by Gasteiger charge is -2.06. The molecule has 0 spiro atoms. The molecule has 1 rings (SSSR count). The number of hydrogen-bond acceptors (Lipinski definition) is 2. The van der Waals surface area contributed by atoms with Gasteiger partial charge in [0.15, 0.2) is 5.78 Å². The highest BCUT2D eigenvalue weighted by Crippen LogP contribution is 2.12. The largest absolute Gasteiger partial charge is 0.292 e. The van der Waals surface area contributed by atoms with Gasteiger partial charge < -0.3 is 0 Å². The Kier molecular flexibility index (Phi) is 4.47. The van der Waals surface area contributed by atoms with Crippen molar-refractivity contribution in [2.45, 2.75) is 46.5 Å². The second kappa shape index (κ2) is 5.64. The van der Waals surface area contributed by atoms with Crippen LogP contribution < -0.4 is 0 Å². The van der Waals surface area contributed by atoms with Crippen molar-refractivity contribution in [3.05, 3.63) is 29.1 Å². The van der Waals surface area contributed by atoms with Gasteiger partial charge in [-0.15, -0.1) is 0 Å². The monoisotopic (exact) mass is 205 g/mol. The number of Topliss-reactive ketones (excluding diaryl/α,β-unsaturated/α-hetero) is 1. The van der Waals surface area contributed by atoms with E-state index in [1.165, 1.54) is 11.1 Å². The van der Waals surface area contributed by atoms with Crippen LogP contribution in [0.25, 0.3) is 0 Å². The van der Waals surface area contributed by atoms with Gasteiger partial charge in [-0.3, -0.25) is 9.78 Å². The van der Waals surface area contributed by atoms with E-state index >= 15 is 0 Å². The fourth-order valence-electron chi connectivity index (χ4n) is 1.68. The molecule has 1 aromatic rings. The van der Waals surface area contributed by atoms with Crippen LogP contribution in [0.15, 0.2) is 12.3 Å². The molecule has 0 N–H and O–H groups in total. The van der Waals surface area contributed by atoms with Crippen LogP contribution in [0, 0.1) is 0 Å². The minimum Gasteiger partial charge on any atom is -0.292 e. The third kappa shape index (κ3) is 2.88. The van der Waals surface area contributed by atoms with E-state index in [-0.39, 0.29) is 5.78 Å². The number of aryl methyl sites for hydroxylation is 2. The Morgan fingerprint density at radius 3 is 2.40 bits per heavy atom. The molecule has 0 aromatic carbocycles. The van der Waals surface area contributed by atoms with Gasteiger partial charge in [0.2, 0.25) is 0 Å². The highest BCUT2D eigenvalue weighted by molar-refractivity contribution is 5.94. The van der Waals surface area contributed by atoms with Gasteiger partial charge in [-0.25, -0.2) is 0 Å². The third-order valence-electron chi connectivity index (χ3n) is 2.61. The molecule has 0 atom stereocenters. The molecule has 2 heteroatoms.